The van der Waals surface area contributed by atoms with Crippen LogP contribution >= 0.6 is 0 Å². The Morgan fingerprint density at radius 2 is 2.07 bits per heavy atom. The van der Waals surface area contributed by atoms with E-state index in [1.807, 2.05) is 12.4 Å². The zero-order valence-corrected chi connectivity index (χ0v) is 17.4. The summed E-state index contributed by atoms with van der Waals surface area (Å²) in [7, 11) is 0. The minimum atomic E-state index is 0.138. The van der Waals surface area contributed by atoms with Gasteiger partial charge in [0.2, 0.25) is 5.91 Å². The first-order valence-corrected chi connectivity index (χ1v) is 11.6. The van der Waals surface area contributed by atoms with Gasteiger partial charge >= 0.3 is 0 Å². The lowest BCUT2D eigenvalue weighted by Gasteiger charge is -2.56. The average Bonchev–Trinajstić information content (AvgIpc) is 3.27. The fourth-order valence-corrected chi connectivity index (χ4v) is 6.32. The van der Waals surface area contributed by atoms with E-state index in [1.165, 1.54) is 38.8 Å². The average molecular weight is 402 g/mol. The van der Waals surface area contributed by atoms with Crippen molar-refractivity contribution < 1.29 is 9.53 Å². The number of nitrogens with zero attached hydrogens (tertiary/aromatic N) is 3. The molecule has 4 aliphatic rings. The van der Waals surface area contributed by atoms with E-state index in [1.54, 1.807) is 0 Å². The number of aromatic amines is 1. The smallest absolute Gasteiger partial charge is 0.223 e. The van der Waals surface area contributed by atoms with Gasteiger partial charge in [0.15, 0.2) is 0 Å². The lowest BCUT2D eigenvalue weighted by atomic mass is 9.72. The Kier molecular flexibility index (Phi) is 5.88. The zero-order chi connectivity index (χ0) is 19.6. The number of rotatable bonds is 5. The Balaban J connectivity index is 1.26. The Bertz CT molecular complexity index is 675. The third-order valence-corrected chi connectivity index (χ3v) is 7.70. The highest BCUT2D eigenvalue weighted by Crippen LogP contribution is 2.41. The molecule has 0 saturated carbocycles. The number of nitrogens with one attached hydrogen (secondary N) is 2. The molecule has 29 heavy (non-hydrogen) atoms. The Hall–Kier alpha value is -1.44. The highest BCUT2D eigenvalue weighted by molar-refractivity contribution is 5.78. The van der Waals surface area contributed by atoms with Gasteiger partial charge in [-0.3, -0.25) is 14.6 Å². The van der Waals surface area contributed by atoms with Crippen LogP contribution in [0.25, 0.3) is 0 Å². The van der Waals surface area contributed by atoms with E-state index >= 15 is 0 Å². The molecule has 5 rings (SSSR count). The lowest BCUT2D eigenvalue weighted by Crippen LogP contribution is -2.65. The molecule has 1 aromatic heterocycles. The maximum absolute atomic E-state index is 12.7. The van der Waals surface area contributed by atoms with Gasteiger partial charge in [-0.15, -0.1) is 0 Å². The van der Waals surface area contributed by atoms with Crippen molar-refractivity contribution in [3.8, 4) is 0 Å². The summed E-state index contributed by atoms with van der Waals surface area (Å²) in [6.07, 6.45) is 10.8. The minimum absolute atomic E-state index is 0.138. The number of H-pyrrole nitrogens is 1. The van der Waals surface area contributed by atoms with Crippen molar-refractivity contribution in [2.75, 3.05) is 39.4 Å². The van der Waals surface area contributed by atoms with Crippen molar-refractivity contribution in [2.24, 2.45) is 17.8 Å². The predicted molar refractivity (Wildman–Crippen MR) is 110 cm³/mol. The molecular formula is C22H35N5O2. The van der Waals surface area contributed by atoms with Crippen LogP contribution in [0.4, 0.5) is 0 Å². The lowest BCUT2D eigenvalue weighted by molar-refractivity contribution is -0.129. The van der Waals surface area contributed by atoms with Gasteiger partial charge < -0.3 is 15.0 Å². The summed E-state index contributed by atoms with van der Waals surface area (Å²) in [5, 5.41) is 3.35. The molecule has 7 heteroatoms. The molecule has 7 nitrogen and oxygen atoms in total. The summed E-state index contributed by atoms with van der Waals surface area (Å²) >= 11 is 0. The van der Waals surface area contributed by atoms with E-state index in [0.29, 0.717) is 18.0 Å². The van der Waals surface area contributed by atoms with Gasteiger partial charge in [-0.2, -0.15) is 0 Å². The number of hydrogen-bond acceptors (Lipinski definition) is 5. The highest BCUT2D eigenvalue weighted by Gasteiger charge is 2.47. The number of aromatic nitrogens is 2. The van der Waals surface area contributed by atoms with Crippen LogP contribution in [-0.4, -0.2) is 77.2 Å². The van der Waals surface area contributed by atoms with Crippen molar-refractivity contribution in [3.05, 3.63) is 18.2 Å². The van der Waals surface area contributed by atoms with Crippen molar-refractivity contribution in [2.45, 2.75) is 57.2 Å². The number of likely N-dealkylation sites (tertiary alicyclic amines) is 1. The van der Waals surface area contributed by atoms with Gasteiger partial charge in [0.1, 0.15) is 5.82 Å². The third-order valence-electron chi connectivity index (χ3n) is 7.70. The molecule has 4 atom stereocenters. The molecule has 4 aliphatic heterocycles. The van der Waals surface area contributed by atoms with Gasteiger partial charge in [-0.05, 0) is 50.5 Å². The van der Waals surface area contributed by atoms with Crippen LogP contribution in [0.3, 0.4) is 0 Å². The second-order valence-corrected chi connectivity index (χ2v) is 9.49. The molecule has 5 heterocycles. The standard InChI is InChI=1S/C22H35N5O2/c28-22(16-4-9-29-10-5-16)25-12-20-18-11-17(19-3-1-2-8-27(19)20)13-26(14-18)15-21-23-6-7-24-21/h6-7,16-20H,1-5,8-15H2,(H,23,24)(H,25,28)/t17-,18+,19+,20+/m1/s1. The maximum Gasteiger partial charge on any atom is 0.223 e. The van der Waals surface area contributed by atoms with Crippen molar-refractivity contribution in [3.63, 3.8) is 0 Å². The second-order valence-electron chi connectivity index (χ2n) is 9.49. The summed E-state index contributed by atoms with van der Waals surface area (Å²) in [4.78, 5) is 25.8. The topological polar surface area (TPSA) is 73.5 Å². The van der Waals surface area contributed by atoms with Gasteiger partial charge in [0, 0.05) is 63.2 Å². The Morgan fingerprint density at radius 1 is 1.21 bits per heavy atom. The zero-order valence-electron chi connectivity index (χ0n) is 17.4. The molecule has 0 aromatic carbocycles. The van der Waals surface area contributed by atoms with Crippen LogP contribution in [0.5, 0.6) is 0 Å². The third kappa shape index (κ3) is 4.23. The molecule has 0 aliphatic carbocycles. The monoisotopic (exact) mass is 401 g/mol. The maximum atomic E-state index is 12.7. The van der Waals surface area contributed by atoms with E-state index in [4.69, 9.17) is 4.74 Å². The first kappa shape index (κ1) is 19.5. The fraction of sp³-hybridized carbons (Fsp3) is 0.818. The number of amides is 1. The largest absolute Gasteiger partial charge is 0.381 e. The van der Waals surface area contributed by atoms with Crippen LogP contribution in [0.1, 0.15) is 44.3 Å². The first-order valence-electron chi connectivity index (χ1n) is 11.6. The van der Waals surface area contributed by atoms with Gasteiger partial charge in [0.05, 0.1) is 6.54 Å². The summed E-state index contributed by atoms with van der Waals surface area (Å²) in [6.45, 7) is 6.65. The number of fused-ring (bicyclic) bond motifs is 4. The van der Waals surface area contributed by atoms with Gasteiger partial charge in [0.25, 0.3) is 0 Å². The van der Waals surface area contributed by atoms with Crippen LogP contribution in [0.15, 0.2) is 12.4 Å². The molecule has 1 amide bonds. The molecule has 0 unspecified atom stereocenters. The van der Waals surface area contributed by atoms with Crippen molar-refractivity contribution in [1.29, 1.82) is 0 Å². The molecule has 4 saturated heterocycles. The van der Waals surface area contributed by atoms with E-state index in [-0.39, 0.29) is 11.8 Å². The Labute approximate surface area is 173 Å². The first-order chi connectivity index (χ1) is 14.3. The molecule has 1 aromatic rings. The molecule has 160 valence electrons. The number of piperidine rings is 3. The van der Waals surface area contributed by atoms with Crippen molar-refractivity contribution >= 4 is 5.91 Å². The van der Waals surface area contributed by atoms with Gasteiger partial charge in [-0.25, -0.2) is 4.98 Å². The van der Waals surface area contributed by atoms with Crippen LogP contribution in [0, 0.1) is 17.8 Å². The molecule has 2 N–H and O–H groups in total. The summed E-state index contributed by atoms with van der Waals surface area (Å²) in [5.41, 5.74) is 0. The molecular weight excluding hydrogens is 366 g/mol. The highest BCUT2D eigenvalue weighted by atomic mass is 16.5. The number of imidazole rings is 1. The summed E-state index contributed by atoms with van der Waals surface area (Å²) in [5.74, 6) is 2.83. The number of carbonyl (C=O) groups is 1. The van der Waals surface area contributed by atoms with E-state index in [9.17, 15) is 4.79 Å². The normalized spacial score (nSPS) is 33.9. The van der Waals surface area contributed by atoms with Crippen LogP contribution < -0.4 is 5.32 Å². The molecule has 0 radical (unpaired) electrons. The van der Waals surface area contributed by atoms with E-state index in [0.717, 1.165) is 57.4 Å². The van der Waals surface area contributed by atoms with Crippen LogP contribution in [0.2, 0.25) is 0 Å². The SMILES string of the molecule is O=C(NC[C@H]1[C@H]2C[C@H](CN(Cc3ncc[nH]3)C2)[C@@H]2CCCCN21)C1CCOCC1. The number of carbonyl (C=O) groups excluding carboxylic acids is 1. The summed E-state index contributed by atoms with van der Waals surface area (Å²) in [6, 6.07) is 1.16. The van der Waals surface area contributed by atoms with Crippen molar-refractivity contribution in [1.82, 2.24) is 25.1 Å². The number of hydrogen-bond donors (Lipinski definition) is 2. The molecule has 2 bridgehead atoms. The molecule has 0 spiro atoms. The van der Waals surface area contributed by atoms with Gasteiger partial charge in [-0.1, -0.05) is 6.42 Å². The second kappa shape index (κ2) is 8.74. The Morgan fingerprint density at radius 3 is 2.90 bits per heavy atom. The van der Waals surface area contributed by atoms with E-state index in [2.05, 4.69) is 25.1 Å². The quantitative estimate of drug-likeness (QED) is 0.785. The summed E-state index contributed by atoms with van der Waals surface area (Å²) < 4.78 is 5.42. The number of ether oxygens (including phenoxy) is 1. The van der Waals surface area contributed by atoms with E-state index < -0.39 is 0 Å². The van der Waals surface area contributed by atoms with Crippen LogP contribution in [-0.2, 0) is 16.1 Å². The minimum Gasteiger partial charge on any atom is -0.381 e. The fourth-order valence-electron chi connectivity index (χ4n) is 6.32. The predicted octanol–water partition coefficient (Wildman–Crippen LogP) is 1.63. The molecule has 4 fully saturated rings.